The molecule has 2 aromatic rings. The normalized spacial score (nSPS) is 26.3. The lowest BCUT2D eigenvalue weighted by atomic mass is 10.1. The van der Waals surface area contributed by atoms with E-state index in [4.69, 9.17) is 21.1 Å². The van der Waals surface area contributed by atoms with Gasteiger partial charge < -0.3 is 20.1 Å². The third-order valence-electron chi connectivity index (χ3n) is 3.99. The van der Waals surface area contributed by atoms with Crippen molar-refractivity contribution >= 4 is 29.1 Å². The molecule has 0 aromatic carbocycles. The topological polar surface area (TPSA) is 86.1 Å². The zero-order chi connectivity index (χ0) is 15.8. The molecule has 2 fully saturated rings. The fourth-order valence-electron chi connectivity index (χ4n) is 2.91. The number of fused-ring (bicyclic) bond motifs is 1. The molecule has 3 unspecified atom stereocenters. The predicted octanol–water partition coefficient (Wildman–Crippen LogP) is 1.58. The minimum Gasteiger partial charge on any atom is -0.373 e. The molecule has 9 heteroatoms. The average Bonchev–Trinajstić information content (AvgIpc) is 3.22. The van der Waals surface area contributed by atoms with Crippen molar-refractivity contribution in [3.8, 4) is 0 Å². The first kappa shape index (κ1) is 14.7. The van der Waals surface area contributed by atoms with Gasteiger partial charge in [0, 0.05) is 19.9 Å². The third-order valence-corrected chi connectivity index (χ3v) is 4.27. The van der Waals surface area contributed by atoms with E-state index in [0.29, 0.717) is 23.4 Å². The summed E-state index contributed by atoms with van der Waals surface area (Å²) in [6.45, 7) is 1.32. The summed E-state index contributed by atoms with van der Waals surface area (Å²) in [5.41, 5.74) is 0.809. The predicted molar refractivity (Wildman–Crippen MR) is 85.0 cm³/mol. The summed E-state index contributed by atoms with van der Waals surface area (Å²) in [6.07, 6.45) is 6.27. The van der Waals surface area contributed by atoms with Gasteiger partial charge in [-0.15, -0.1) is 0 Å². The molecule has 8 nitrogen and oxygen atoms in total. The van der Waals surface area contributed by atoms with Gasteiger partial charge in [-0.05, 0) is 6.42 Å². The molecule has 23 heavy (non-hydrogen) atoms. The molecule has 3 atom stereocenters. The van der Waals surface area contributed by atoms with Crippen LogP contribution in [0, 0.1) is 0 Å². The van der Waals surface area contributed by atoms with Crippen molar-refractivity contribution in [1.82, 2.24) is 19.7 Å². The molecule has 0 amide bonds. The number of rotatable bonds is 4. The van der Waals surface area contributed by atoms with Crippen LogP contribution in [-0.2, 0) is 16.5 Å². The van der Waals surface area contributed by atoms with Gasteiger partial charge in [0.1, 0.15) is 11.1 Å². The van der Waals surface area contributed by atoms with Gasteiger partial charge in [0.2, 0.25) is 5.95 Å². The van der Waals surface area contributed by atoms with E-state index in [1.807, 2.05) is 13.2 Å². The lowest BCUT2D eigenvalue weighted by Gasteiger charge is -2.19. The van der Waals surface area contributed by atoms with Gasteiger partial charge >= 0.3 is 0 Å². The first-order chi connectivity index (χ1) is 11.2. The smallest absolute Gasteiger partial charge is 0.229 e. The summed E-state index contributed by atoms with van der Waals surface area (Å²) in [6, 6.07) is 0.0427. The highest BCUT2D eigenvalue weighted by atomic mass is 35.5. The van der Waals surface area contributed by atoms with Gasteiger partial charge in [0.25, 0.3) is 0 Å². The molecule has 4 heterocycles. The molecule has 2 aromatic heterocycles. The average molecular weight is 337 g/mol. The molecule has 0 saturated carbocycles. The third kappa shape index (κ3) is 2.97. The molecule has 122 valence electrons. The monoisotopic (exact) mass is 336 g/mol. The van der Waals surface area contributed by atoms with E-state index in [1.165, 1.54) is 0 Å². The van der Waals surface area contributed by atoms with Gasteiger partial charge in [-0.25, -0.2) is 4.98 Å². The summed E-state index contributed by atoms with van der Waals surface area (Å²) >= 11 is 6.21. The SMILES string of the molecule is Cn1cc(Nc2ncc(Cl)c(NC3COC4CCOC34)n2)cn1. The highest BCUT2D eigenvalue weighted by Gasteiger charge is 2.42. The van der Waals surface area contributed by atoms with Crippen LogP contribution in [0.3, 0.4) is 0 Å². The molecule has 2 aliphatic heterocycles. The second kappa shape index (κ2) is 5.95. The van der Waals surface area contributed by atoms with Crippen LogP contribution in [-0.4, -0.2) is 51.2 Å². The van der Waals surface area contributed by atoms with Gasteiger partial charge in [-0.3, -0.25) is 4.68 Å². The van der Waals surface area contributed by atoms with Crippen molar-refractivity contribution in [2.24, 2.45) is 7.05 Å². The van der Waals surface area contributed by atoms with Gasteiger partial charge in [-0.2, -0.15) is 10.1 Å². The summed E-state index contributed by atoms with van der Waals surface area (Å²) < 4.78 is 13.2. The van der Waals surface area contributed by atoms with Crippen LogP contribution in [0.4, 0.5) is 17.5 Å². The van der Waals surface area contributed by atoms with Crippen molar-refractivity contribution in [3.05, 3.63) is 23.6 Å². The number of aromatic nitrogens is 4. The molecule has 2 aliphatic rings. The Kier molecular flexibility index (Phi) is 3.80. The molecule has 0 bridgehead atoms. The van der Waals surface area contributed by atoms with E-state index in [-0.39, 0.29) is 18.2 Å². The van der Waals surface area contributed by atoms with Crippen LogP contribution in [0.5, 0.6) is 0 Å². The number of ether oxygens (including phenoxy) is 2. The molecule has 2 N–H and O–H groups in total. The van der Waals surface area contributed by atoms with E-state index < -0.39 is 0 Å². The zero-order valence-corrected chi connectivity index (χ0v) is 13.3. The summed E-state index contributed by atoms with van der Waals surface area (Å²) in [5.74, 6) is 1.02. The van der Waals surface area contributed by atoms with Crippen molar-refractivity contribution < 1.29 is 9.47 Å². The maximum Gasteiger partial charge on any atom is 0.229 e. The molecule has 0 spiro atoms. The highest BCUT2D eigenvalue weighted by molar-refractivity contribution is 6.32. The van der Waals surface area contributed by atoms with E-state index in [0.717, 1.165) is 18.7 Å². The largest absolute Gasteiger partial charge is 0.373 e. The number of halogens is 1. The van der Waals surface area contributed by atoms with Crippen molar-refractivity contribution in [2.45, 2.75) is 24.7 Å². The highest BCUT2D eigenvalue weighted by Crippen LogP contribution is 2.30. The Labute approximate surface area is 138 Å². The Bertz CT molecular complexity index is 708. The van der Waals surface area contributed by atoms with Crippen LogP contribution in [0.1, 0.15) is 6.42 Å². The fourth-order valence-corrected chi connectivity index (χ4v) is 3.06. The fraction of sp³-hybridized carbons (Fsp3) is 0.500. The number of hydrogen-bond acceptors (Lipinski definition) is 7. The molecule has 4 rings (SSSR count). The van der Waals surface area contributed by atoms with E-state index in [1.54, 1.807) is 17.1 Å². The molecular formula is C14H17ClN6O2. The van der Waals surface area contributed by atoms with Crippen molar-refractivity contribution in [2.75, 3.05) is 23.8 Å². The van der Waals surface area contributed by atoms with E-state index in [9.17, 15) is 0 Å². The number of hydrogen-bond donors (Lipinski definition) is 2. The number of aryl methyl sites for hydroxylation is 1. The second-order valence-electron chi connectivity index (χ2n) is 5.66. The standard InChI is InChI=1S/C14H17ClN6O2/c1-21-6-8(4-17-21)18-14-16-5-9(15)13(20-14)19-10-7-23-11-2-3-22-12(10)11/h4-6,10-12H,2-3,7H2,1H3,(H2,16,18,19,20). The van der Waals surface area contributed by atoms with Crippen molar-refractivity contribution in [3.63, 3.8) is 0 Å². The van der Waals surface area contributed by atoms with Crippen LogP contribution in [0.15, 0.2) is 18.6 Å². The second-order valence-corrected chi connectivity index (χ2v) is 6.07. The van der Waals surface area contributed by atoms with Crippen LogP contribution in [0.2, 0.25) is 5.02 Å². The van der Waals surface area contributed by atoms with Gasteiger partial charge in [-0.1, -0.05) is 11.6 Å². The quantitative estimate of drug-likeness (QED) is 0.876. The Morgan fingerprint density at radius 3 is 3.09 bits per heavy atom. The molecular weight excluding hydrogens is 320 g/mol. The first-order valence-electron chi connectivity index (χ1n) is 7.47. The molecule has 0 aliphatic carbocycles. The lowest BCUT2D eigenvalue weighted by molar-refractivity contribution is 0.0718. The first-order valence-corrected chi connectivity index (χ1v) is 7.85. The Morgan fingerprint density at radius 2 is 2.26 bits per heavy atom. The number of anilines is 3. The minimum atomic E-state index is 0.0427. The molecule has 0 radical (unpaired) electrons. The van der Waals surface area contributed by atoms with Gasteiger partial charge in [0.15, 0.2) is 5.82 Å². The maximum atomic E-state index is 6.21. The van der Waals surface area contributed by atoms with E-state index in [2.05, 4.69) is 25.7 Å². The van der Waals surface area contributed by atoms with Crippen LogP contribution in [0.25, 0.3) is 0 Å². The summed E-state index contributed by atoms with van der Waals surface area (Å²) in [5, 5.41) is 11.0. The molecule has 2 saturated heterocycles. The minimum absolute atomic E-state index is 0.0427. The Balaban J connectivity index is 1.50. The van der Waals surface area contributed by atoms with Crippen molar-refractivity contribution in [1.29, 1.82) is 0 Å². The van der Waals surface area contributed by atoms with E-state index >= 15 is 0 Å². The zero-order valence-electron chi connectivity index (χ0n) is 12.6. The lowest BCUT2D eigenvalue weighted by Crippen LogP contribution is -2.34. The summed E-state index contributed by atoms with van der Waals surface area (Å²) in [7, 11) is 1.85. The van der Waals surface area contributed by atoms with Gasteiger partial charge in [0.05, 0.1) is 36.8 Å². The Hall–Kier alpha value is -1.90. The maximum absolute atomic E-state index is 6.21. The number of nitrogens with one attached hydrogen (secondary N) is 2. The Morgan fingerprint density at radius 1 is 1.35 bits per heavy atom. The van der Waals surface area contributed by atoms with Crippen LogP contribution >= 0.6 is 11.6 Å². The van der Waals surface area contributed by atoms with Crippen LogP contribution < -0.4 is 10.6 Å². The number of nitrogens with zero attached hydrogens (tertiary/aromatic N) is 4. The summed E-state index contributed by atoms with van der Waals surface area (Å²) in [4.78, 5) is 8.63.